The van der Waals surface area contributed by atoms with Gasteiger partial charge in [0, 0.05) is 34.5 Å². The highest BCUT2D eigenvalue weighted by molar-refractivity contribution is 7.10. The number of carbonyl (C=O) groups is 2. The van der Waals surface area contributed by atoms with Crippen LogP contribution in [0.5, 0.6) is 0 Å². The van der Waals surface area contributed by atoms with Gasteiger partial charge in [-0.1, -0.05) is 6.07 Å². The first-order valence-corrected chi connectivity index (χ1v) is 8.63. The van der Waals surface area contributed by atoms with Crippen LogP contribution in [0.1, 0.15) is 56.5 Å². The van der Waals surface area contributed by atoms with Crippen molar-refractivity contribution in [3.05, 3.63) is 55.6 Å². The van der Waals surface area contributed by atoms with Gasteiger partial charge in [-0.25, -0.2) is 0 Å². The van der Waals surface area contributed by atoms with Crippen LogP contribution in [-0.2, 0) is 6.42 Å². The average molecular weight is 328 g/mol. The molecule has 2 aliphatic carbocycles. The molecular weight excluding hydrogens is 312 g/mol. The third-order valence-corrected chi connectivity index (χ3v) is 5.44. The van der Waals surface area contributed by atoms with E-state index in [9.17, 15) is 14.4 Å². The van der Waals surface area contributed by atoms with Gasteiger partial charge >= 0.3 is 0 Å². The normalized spacial score (nSPS) is 20.2. The van der Waals surface area contributed by atoms with Gasteiger partial charge in [0.25, 0.3) is 11.5 Å². The Bertz CT molecular complexity index is 834. The van der Waals surface area contributed by atoms with Crippen molar-refractivity contribution in [3.63, 3.8) is 0 Å². The Morgan fingerprint density at radius 1 is 1.26 bits per heavy atom. The van der Waals surface area contributed by atoms with Crippen molar-refractivity contribution in [3.8, 4) is 0 Å². The SMILES string of the molecule is O=C1C[C@@H](c2cccs2)Cc2[nH]c(=O)c(C(=O)NC3CC3)cc21. The summed E-state index contributed by atoms with van der Waals surface area (Å²) in [6, 6.07) is 5.63. The maximum atomic E-state index is 12.5. The van der Waals surface area contributed by atoms with E-state index in [1.165, 1.54) is 6.07 Å². The lowest BCUT2D eigenvalue weighted by Crippen LogP contribution is -2.33. The lowest BCUT2D eigenvalue weighted by molar-refractivity contribution is 0.0949. The summed E-state index contributed by atoms with van der Waals surface area (Å²) in [4.78, 5) is 40.7. The molecule has 1 atom stereocenters. The number of thiophene rings is 1. The molecule has 2 N–H and O–H groups in total. The van der Waals surface area contributed by atoms with E-state index in [1.54, 1.807) is 11.3 Å². The number of aromatic amines is 1. The topological polar surface area (TPSA) is 79.0 Å². The molecule has 0 bridgehead atoms. The summed E-state index contributed by atoms with van der Waals surface area (Å²) in [7, 11) is 0. The maximum absolute atomic E-state index is 12.5. The predicted octanol–water partition coefficient (Wildman–Crippen LogP) is 2.24. The lowest BCUT2D eigenvalue weighted by atomic mass is 9.84. The number of fused-ring (bicyclic) bond motifs is 1. The number of amides is 1. The van der Waals surface area contributed by atoms with Gasteiger partial charge < -0.3 is 10.3 Å². The van der Waals surface area contributed by atoms with E-state index in [2.05, 4.69) is 10.3 Å². The average Bonchev–Trinajstić information content (AvgIpc) is 3.15. The van der Waals surface area contributed by atoms with Crippen LogP contribution in [0.2, 0.25) is 0 Å². The molecule has 6 heteroatoms. The molecule has 118 valence electrons. The second-order valence-corrected chi connectivity index (χ2v) is 7.18. The minimum atomic E-state index is -0.415. The van der Waals surface area contributed by atoms with Crippen molar-refractivity contribution in [1.82, 2.24) is 10.3 Å². The maximum Gasteiger partial charge on any atom is 0.261 e. The quantitative estimate of drug-likeness (QED) is 0.907. The molecule has 2 aromatic rings. The molecule has 2 aliphatic rings. The van der Waals surface area contributed by atoms with Crippen molar-refractivity contribution in [2.24, 2.45) is 0 Å². The summed E-state index contributed by atoms with van der Waals surface area (Å²) in [5, 5.41) is 4.78. The van der Waals surface area contributed by atoms with Crippen LogP contribution >= 0.6 is 11.3 Å². The van der Waals surface area contributed by atoms with E-state index in [1.807, 2.05) is 17.5 Å². The van der Waals surface area contributed by atoms with Crippen LogP contribution in [0, 0.1) is 0 Å². The molecule has 1 amide bonds. The number of Topliss-reactive ketones (excluding diaryl/α,β-unsaturated/α-hetero) is 1. The van der Waals surface area contributed by atoms with Crippen LogP contribution in [0.3, 0.4) is 0 Å². The molecule has 2 aromatic heterocycles. The fourth-order valence-electron chi connectivity index (χ4n) is 3.02. The minimum absolute atomic E-state index is 0.0126. The number of carbonyl (C=O) groups excluding carboxylic acids is 2. The van der Waals surface area contributed by atoms with Crippen molar-refractivity contribution < 1.29 is 9.59 Å². The van der Waals surface area contributed by atoms with Crippen molar-refractivity contribution in [2.75, 3.05) is 0 Å². The minimum Gasteiger partial charge on any atom is -0.349 e. The monoisotopic (exact) mass is 328 g/mol. The van der Waals surface area contributed by atoms with Crippen LogP contribution < -0.4 is 10.9 Å². The first-order chi connectivity index (χ1) is 11.1. The third-order valence-electron chi connectivity index (χ3n) is 4.41. The number of aromatic nitrogens is 1. The second-order valence-electron chi connectivity index (χ2n) is 6.20. The summed E-state index contributed by atoms with van der Waals surface area (Å²) in [5.74, 6) is -0.289. The number of nitrogens with one attached hydrogen (secondary N) is 2. The van der Waals surface area contributed by atoms with Crippen molar-refractivity contribution in [1.29, 1.82) is 0 Å². The van der Waals surface area contributed by atoms with E-state index in [4.69, 9.17) is 0 Å². The molecule has 1 saturated carbocycles. The van der Waals surface area contributed by atoms with Crippen LogP contribution in [0.25, 0.3) is 0 Å². The molecule has 0 aromatic carbocycles. The molecule has 23 heavy (non-hydrogen) atoms. The standard InChI is InChI=1S/C17H16N2O3S/c20-14-7-9(15-2-1-5-23-15)6-13-11(14)8-12(17(22)19-13)16(21)18-10-3-4-10/h1-2,5,8-10H,3-4,6-7H2,(H,18,21)(H,19,22)/t9-/m0/s1. The Labute approximate surface area is 136 Å². The van der Waals surface area contributed by atoms with Crippen LogP contribution in [-0.4, -0.2) is 22.7 Å². The lowest BCUT2D eigenvalue weighted by Gasteiger charge is -2.22. The highest BCUT2D eigenvalue weighted by Gasteiger charge is 2.30. The van der Waals surface area contributed by atoms with E-state index < -0.39 is 5.56 Å². The zero-order valence-corrected chi connectivity index (χ0v) is 13.2. The zero-order valence-electron chi connectivity index (χ0n) is 12.4. The van der Waals surface area contributed by atoms with E-state index >= 15 is 0 Å². The van der Waals surface area contributed by atoms with Gasteiger partial charge in [-0.2, -0.15) is 0 Å². The molecule has 1 fully saturated rings. The Hall–Kier alpha value is -2.21. The smallest absolute Gasteiger partial charge is 0.261 e. The first-order valence-electron chi connectivity index (χ1n) is 7.75. The number of H-pyrrole nitrogens is 1. The first kappa shape index (κ1) is 14.4. The number of pyridine rings is 1. The molecule has 0 saturated heterocycles. The van der Waals surface area contributed by atoms with Gasteiger partial charge in [-0.3, -0.25) is 14.4 Å². The van der Waals surface area contributed by atoms with Crippen LogP contribution in [0.4, 0.5) is 0 Å². The summed E-state index contributed by atoms with van der Waals surface area (Å²) in [6.07, 6.45) is 2.95. The molecule has 2 heterocycles. The highest BCUT2D eigenvalue weighted by Crippen LogP contribution is 2.33. The Kier molecular flexibility index (Phi) is 3.41. The number of hydrogen-bond acceptors (Lipinski definition) is 4. The van der Waals surface area contributed by atoms with Gasteiger partial charge in [0.15, 0.2) is 5.78 Å². The summed E-state index contributed by atoms with van der Waals surface area (Å²) in [6.45, 7) is 0. The number of ketones is 1. The molecule has 0 radical (unpaired) electrons. The van der Waals surface area contributed by atoms with Gasteiger partial charge in [-0.15, -0.1) is 11.3 Å². The largest absolute Gasteiger partial charge is 0.349 e. The van der Waals surface area contributed by atoms with E-state index in [0.717, 1.165) is 17.7 Å². The molecular formula is C17H16N2O3S. The Morgan fingerprint density at radius 3 is 2.78 bits per heavy atom. The molecule has 5 nitrogen and oxygen atoms in total. The Balaban J connectivity index is 1.67. The fraction of sp³-hybridized carbons (Fsp3) is 0.353. The van der Waals surface area contributed by atoms with Gasteiger partial charge in [0.2, 0.25) is 0 Å². The number of hydrogen-bond donors (Lipinski definition) is 2. The summed E-state index contributed by atoms with van der Waals surface area (Å²) in [5.41, 5.74) is 0.756. The van der Waals surface area contributed by atoms with Gasteiger partial charge in [-0.05, 0) is 36.8 Å². The molecule has 0 spiro atoms. The number of rotatable bonds is 3. The van der Waals surface area contributed by atoms with Gasteiger partial charge in [0.1, 0.15) is 5.56 Å². The predicted molar refractivity (Wildman–Crippen MR) is 87.3 cm³/mol. The van der Waals surface area contributed by atoms with Crippen molar-refractivity contribution in [2.45, 2.75) is 37.6 Å². The Morgan fingerprint density at radius 2 is 2.09 bits per heavy atom. The van der Waals surface area contributed by atoms with Gasteiger partial charge in [0.05, 0.1) is 0 Å². The van der Waals surface area contributed by atoms with Crippen molar-refractivity contribution >= 4 is 23.0 Å². The van der Waals surface area contributed by atoms with E-state index in [0.29, 0.717) is 24.1 Å². The second kappa shape index (κ2) is 5.45. The summed E-state index contributed by atoms with van der Waals surface area (Å²) < 4.78 is 0. The fourth-order valence-corrected chi connectivity index (χ4v) is 3.85. The van der Waals surface area contributed by atoms with Crippen LogP contribution in [0.15, 0.2) is 28.4 Å². The highest BCUT2D eigenvalue weighted by atomic mass is 32.1. The summed E-state index contributed by atoms with van der Waals surface area (Å²) >= 11 is 1.62. The zero-order chi connectivity index (χ0) is 16.0. The molecule has 0 unspecified atom stereocenters. The van der Waals surface area contributed by atoms with E-state index in [-0.39, 0.29) is 29.2 Å². The molecule has 0 aliphatic heterocycles. The molecule has 4 rings (SSSR count). The third kappa shape index (κ3) is 2.74.